The number of nitriles is 1. The Morgan fingerprint density at radius 2 is 2.10 bits per heavy atom. The first-order valence-electron chi connectivity index (χ1n) is 4.89. The van der Waals surface area contributed by atoms with Crippen molar-refractivity contribution in [3.8, 4) is 6.07 Å². The number of alkyl halides is 3. The quantitative estimate of drug-likeness (QED) is 0.667. The highest BCUT2D eigenvalue weighted by Crippen LogP contribution is 2.44. The fourth-order valence-electron chi connectivity index (χ4n) is 1.38. The molecule has 0 heterocycles. The molecule has 0 radical (unpaired) electrons. The Balaban J connectivity index is 3.50. The van der Waals surface area contributed by atoms with Crippen molar-refractivity contribution in [2.45, 2.75) is 12.6 Å². The monoisotopic (exact) mass is 351 g/mol. The maximum atomic E-state index is 12.9. The number of nitro benzene ring substituents is 1. The summed E-state index contributed by atoms with van der Waals surface area (Å²) in [7, 11) is 0. The standard InChI is InChI=1S/C10H5BrF3N3O3/c11-5-1-2-6(17(19)20)9(8(5)10(12,13)14)16-7(18)3-4-15/h1-2H,3H2,(H,16,18). The number of halogens is 4. The second kappa shape index (κ2) is 5.87. The Bertz CT molecular complexity index is 610. The highest BCUT2D eigenvalue weighted by Gasteiger charge is 2.39. The topological polar surface area (TPSA) is 96.0 Å². The zero-order valence-corrected chi connectivity index (χ0v) is 11.1. The van der Waals surface area contributed by atoms with Crippen molar-refractivity contribution in [2.24, 2.45) is 0 Å². The van der Waals surface area contributed by atoms with Gasteiger partial charge in [0, 0.05) is 10.5 Å². The summed E-state index contributed by atoms with van der Waals surface area (Å²) < 4.78 is 38.3. The van der Waals surface area contributed by atoms with Crippen LogP contribution in [-0.4, -0.2) is 10.8 Å². The molecule has 20 heavy (non-hydrogen) atoms. The third-order valence-corrected chi connectivity index (χ3v) is 2.78. The molecular formula is C10H5BrF3N3O3. The number of hydrogen-bond acceptors (Lipinski definition) is 4. The van der Waals surface area contributed by atoms with E-state index in [9.17, 15) is 28.1 Å². The molecule has 10 heteroatoms. The van der Waals surface area contributed by atoms with Crippen LogP contribution in [0.3, 0.4) is 0 Å². The minimum atomic E-state index is -4.92. The van der Waals surface area contributed by atoms with Gasteiger partial charge in [-0.05, 0) is 6.07 Å². The summed E-state index contributed by atoms with van der Waals surface area (Å²) in [6.45, 7) is 0. The highest BCUT2D eigenvalue weighted by molar-refractivity contribution is 9.10. The first-order valence-corrected chi connectivity index (χ1v) is 5.68. The summed E-state index contributed by atoms with van der Waals surface area (Å²) in [5.41, 5.74) is -3.28. The lowest BCUT2D eigenvalue weighted by Crippen LogP contribution is -2.18. The van der Waals surface area contributed by atoms with Gasteiger partial charge in [-0.25, -0.2) is 0 Å². The normalized spacial score (nSPS) is 10.8. The molecule has 1 amide bonds. The summed E-state index contributed by atoms with van der Waals surface area (Å²) in [5, 5.41) is 20.8. The summed E-state index contributed by atoms with van der Waals surface area (Å²) >= 11 is 2.64. The molecule has 106 valence electrons. The third-order valence-electron chi connectivity index (χ3n) is 2.12. The molecule has 0 spiro atoms. The lowest BCUT2D eigenvalue weighted by Gasteiger charge is -2.15. The van der Waals surface area contributed by atoms with Gasteiger partial charge in [0.2, 0.25) is 5.91 Å². The number of nitrogens with zero attached hydrogens (tertiary/aromatic N) is 2. The van der Waals surface area contributed by atoms with E-state index >= 15 is 0 Å². The zero-order chi connectivity index (χ0) is 15.5. The van der Waals surface area contributed by atoms with Crippen LogP contribution in [0.5, 0.6) is 0 Å². The Labute approximate surface area is 118 Å². The minimum Gasteiger partial charge on any atom is -0.319 e. The van der Waals surface area contributed by atoms with Crippen LogP contribution >= 0.6 is 15.9 Å². The van der Waals surface area contributed by atoms with Crippen molar-refractivity contribution in [3.63, 3.8) is 0 Å². The van der Waals surface area contributed by atoms with Gasteiger partial charge in [0.15, 0.2) is 0 Å². The summed E-state index contributed by atoms with van der Waals surface area (Å²) in [5.74, 6) is -1.07. The van der Waals surface area contributed by atoms with E-state index in [2.05, 4.69) is 15.9 Å². The van der Waals surface area contributed by atoms with Gasteiger partial charge in [-0.1, -0.05) is 15.9 Å². The fourth-order valence-corrected chi connectivity index (χ4v) is 1.93. The summed E-state index contributed by atoms with van der Waals surface area (Å²) in [6, 6.07) is 3.12. The molecule has 0 bridgehead atoms. The van der Waals surface area contributed by atoms with E-state index in [0.717, 1.165) is 12.1 Å². The van der Waals surface area contributed by atoms with Crippen LogP contribution in [0.1, 0.15) is 12.0 Å². The van der Waals surface area contributed by atoms with Crippen LogP contribution in [0, 0.1) is 21.4 Å². The number of benzene rings is 1. The van der Waals surface area contributed by atoms with E-state index in [1.54, 1.807) is 5.32 Å². The van der Waals surface area contributed by atoms with Crippen molar-refractivity contribution in [3.05, 3.63) is 32.3 Å². The van der Waals surface area contributed by atoms with Crippen molar-refractivity contribution in [2.75, 3.05) is 5.32 Å². The van der Waals surface area contributed by atoms with Crippen molar-refractivity contribution < 1.29 is 22.9 Å². The number of anilines is 1. The number of carbonyl (C=O) groups excluding carboxylic acids is 1. The van der Waals surface area contributed by atoms with E-state index in [4.69, 9.17) is 5.26 Å². The van der Waals surface area contributed by atoms with Gasteiger partial charge in [-0.15, -0.1) is 0 Å². The third kappa shape index (κ3) is 3.45. The molecule has 0 fully saturated rings. The molecule has 1 N–H and O–H groups in total. The average Bonchev–Trinajstić information content (AvgIpc) is 2.26. The fraction of sp³-hybridized carbons (Fsp3) is 0.200. The number of amides is 1. The van der Waals surface area contributed by atoms with Gasteiger partial charge in [0.25, 0.3) is 5.69 Å². The second-order valence-electron chi connectivity index (χ2n) is 3.45. The number of nitro groups is 1. The molecule has 0 saturated carbocycles. The van der Waals surface area contributed by atoms with Crippen LogP contribution in [0.15, 0.2) is 16.6 Å². The number of nitrogens with one attached hydrogen (secondary N) is 1. The van der Waals surface area contributed by atoms with E-state index in [0.29, 0.717) is 0 Å². The molecule has 0 atom stereocenters. The molecule has 6 nitrogen and oxygen atoms in total. The molecule has 0 aliphatic carbocycles. The molecule has 0 unspecified atom stereocenters. The Hall–Kier alpha value is -2.15. The van der Waals surface area contributed by atoms with Crippen LogP contribution < -0.4 is 5.32 Å². The van der Waals surface area contributed by atoms with E-state index in [1.807, 2.05) is 0 Å². The maximum Gasteiger partial charge on any atom is 0.419 e. The van der Waals surface area contributed by atoms with Crippen LogP contribution in [0.4, 0.5) is 24.5 Å². The minimum absolute atomic E-state index is 0.456. The predicted octanol–water partition coefficient (Wildman–Crippen LogP) is 3.23. The molecule has 1 aromatic rings. The summed E-state index contributed by atoms with van der Waals surface area (Å²) in [6.07, 6.45) is -5.64. The largest absolute Gasteiger partial charge is 0.419 e. The van der Waals surface area contributed by atoms with Crippen LogP contribution in [0.25, 0.3) is 0 Å². The second-order valence-corrected chi connectivity index (χ2v) is 4.31. The number of hydrogen-bond donors (Lipinski definition) is 1. The van der Waals surface area contributed by atoms with Crippen molar-refractivity contribution in [1.29, 1.82) is 5.26 Å². The van der Waals surface area contributed by atoms with Gasteiger partial charge in [0.1, 0.15) is 17.7 Å². The average molecular weight is 352 g/mol. The molecule has 0 aliphatic heterocycles. The van der Waals surface area contributed by atoms with E-state index in [-0.39, 0.29) is 0 Å². The van der Waals surface area contributed by atoms with E-state index in [1.165, 1.54) is 6.07 Å². The molecular weight excluding hydrogens is 347 g/mol. The van der Waals surface area contributed by atoms with Crippen LogP contribution in [0.2, 0.25) is 0 Å². The van der Waals surface area contributed by atoms with Crippen molar-refractivity contribution in [1.82, 2.24) is 0 Å². The molecule has 0 aliphatic rings. The SMILES string of the molecule is N#CCC(=O)Nc1c([N+](=O)[O-])ccc(Br)c1C(F)(F)F. The lowest BCUT2D eigenvalue weighted by molar-refractivity contribution is -0.384. The summed E-state index contributed by atoms with van der Waals surface area (Å²) in [4.78, 5) is 20.9. The molecule has 0 aromatic heterocycles. The zero-order valence-electron chi connectivity index (χ0n) is 9.49. The van der Waals surface area contributed by atoms with Crippen LogP contribution in [-0.2, 0) is 11.0 Å². The lowest BCUT2D eigenvalue weighted by atomic mass is 10.1. The molecule has 0 saturated heterocycles. The predicted molar refractivity (Wildman–Crippen MR) is 64.7 cm³/mol. The van der Waals surface area contributed by atoms with E-state index < -0.39 is 44.8 Å². The Kier molecular flexibility index (Phi) is 4.67. The Morgan fingerprint density at radius 1 is 1.50 bits per heavy atom. The van der Waals surface area contributed by atoms with Gasteiger partial charge in [-0.3, -0.25) is 14.9 Å². The Morgan fingerprint density at radius 3 is 2.55 bits per heavy atom. The van der Waals surface area contributed by atoms with Gasteiger partial charge in [0.05, 0.1) is 11.0 Å². The first kappa shape index (κ1) is 15.9. The number of rotatable bonds is 3. The number of carbonyl (C=O) groups is 1. The van der Waals surface area contributed by atoms with Gasteiger partial charge < -0.3 is 5.32 Å². The van der Waals surface area contributed by atoms with Crippen molar-refractivity contribution >= 4 is 33.2 Å². The highest BCUT2D eigenvalue weighted by atomic mass is 79.9. The van der Waals surface area contributed by atoms with Gasteiger partial charge >= 0.3 is 6.18 Å². The molecule has 1 rings (SSSR count). The molecule has 1 aromatic carbocycles. The first-order chi connectivity index (χ1) is 9.18. The smallest absolute Gasteiger partial charge is 0.319 e. The maximum absolute atomic E-state index is 12.9. The van der Waals surface area contributed by atoms with Gasteiger partial charge in [-0.2, -0.15) is 18.4 Å².